The molecule has 4 nitrogen and oxygen atoms in total. The molecule has 2 aromatic carbocycles. The molecule has 1 aromatic heterocycles. The van der Waals surface area contributed by atoms with Gasteiger partial charge in [0.15, 0.2) is 0 Å². The molecule has 0 spiro atoms. The number of nitrogens with zero attached hydrogens (tertiary/aromatic N) is 2. The summed E-state index contributed by atoms with van der Waals surface area (Å²) in [4.78, 5) is 17.8. The Morgan fingerprint density at radius 2 is 1.86 bits per heavy atom. The van der Waals surface area contributed by atoms with Crippen molar-refractivity contribution < 1.29 is 0 Å². The van der Waals surface area contributed by atoms with Gasteiger partial charge in [0.1, 0.15) is 5.82 Å². The zero-order valence-electron chi connectivity index (χ0n) is 12.6. The fraction of sp³-hybridized carbons (Fsp3) is 0.222. The van der Waals surface area contributed by atoms with Gasteiger partial charge in [-0.25, -0.2) is 4.98 Å². The van der Waals surface area contributed by atoms with Gasteiger partial charge in [-0.05, 0) is 30.2 Å². The van der Waals surface area contributed by atoms with Crippen LogP contribution in [0.2, 0.25) is 0 Å². The van der Waals surface area contributed by atoms with E-state index in [0.717, 1.165) is 35.4 Å². The second-order valence-electron chi connectivity index (χ2n) is 5.27. The Bertz CT molecular complexity index is 853. The largest absolute Gasteiger partial charge is 0.326 e. The minimum absolute atomic E-state index is 0.0410. The normalized spacial score (nSPS) is 11.0. The van der Waals surface area contributed by atoms with Crippen LogP contribution >= 0.6 is 0 Å². The number of nitrogens with two attached hydrogens (primary N) is 1. The summed E-state index contributed by atoms with van der Waals surface area (Å²) in [7, 11) is 0. The molecule has 3 aromatic rings. The predicted molar refractivity (Wildman–Crippen MR) is 89.2 cm³/mol. The third-order valence-corrected chi connectivity index (χ3v) is 3.76. The summed E-state index contributed by atoms with van der Waals surface area (Å²) in [5.74, 6) is 0.792. The lowest BCUT2D eigenvalue weighted by molar-refractivity contribution is 0.773. The summed E-state index contributed by atoms with van der Waals surface area (Å²) >= 11 is 0. The highest BCUT2D eigenvalue weighted by molar-refractivity contribution is 5.81. The van der Waals surface area contributed by atoms with Crippen molar-refractivity contribution in [2.24, 2.45) is 5.73 Å². The van der Waals surface area contributed by atoms with Crippen LogP contribution in [0.15, 0.2) is 53.3 Å². The molecule has 112 valence electrons. The molecule has 0 saturated heterocycles. The molecule has 0 bridgehead atoms. The van der Waals surface area contributed by atoms with Crippen molar-refractivity contribution in [2.45, 2.75) is 26.3 Å². The number of para-hydroxylation sites is 1. The molecule has 0 atom stereocenters. The summed E-state index contributed by atoms with van der Waals surface area (Å²) in [6, 6.07) is 15.3. The lowest BCUT2D eigenvalue weighted by atomic mass is 10.1. The van der Waals surface area contributed by atoms with Gasteiger partial charge in [-0.1, -0.05) is 37.3 Å². The third kappa shape index (κ3) is 2.42. The van der Waals surface area contributed by atoms with Crippen LogP contribution in [-0.2, 0) is 13.0 Å². The number of fused-ring (bicyclic) bond motifs is 1. The fourth-order valence-electron chi connectivity index (χ4n) is 2.75. The molecule has 1 heterocycles. The highest BCUT2D eigenvalue weighted by Gasteiger charge is 2.14. The first-order valence-corrected chi connectivity index (χ1v) is 7.55. The van der Waals surface area contributed by atoms with Crippen LogP contribution in [0.1, 0.15) is 24.7 Å². The van der Waals surface area contributed by atoms with E-state index >= 15 is 0 Å². The summed E-state index contributed by atoms with van der Waals surface area (Å²) in [5.41, 5.74) is 8.16. The predicted octanol–water partition coefficient (Wildman–Crippen LogP) is 2.80. The van der Waals surface area contributed by atoms with Gasteiger partial charge in [-0.3, -0.25) is 9.36 Å². The molecular weight excluding hydrogens is 274 g/mol. The van der Waals surface area contributed by atoms with E-state index in [1.54, 1.807) is 4.57 Å². The quantitative estimate of drug-likeness (QED) is 0.804. The topological polar surface area (TPSA) is 60.9 Å². The average molecular weight is 293 g/mol. The van der Waals surface area contributed by atoms with Crippen LogP contribution in [-0.4, -0.2) is 9.55 Å². The van der Waals surface area contributed by atoms with E-state index in [9.17, 15) is 4.79 Å². The Balaban J connectivity index is 2.40. The van der Waals surface area contributed by atoms with Crippen molar-refractivity contribution in [2.75, 3.05) is 0 Å². The van der Waals surface area contributed by atoms with Gasteiger partial charge in [0.25, 0.3) is 5.56 Å². The zero-order chi connectivity index (χ0) is 15.5. The van der Waals surface area contributed by atoms with Crippen LogP contribution in [0.4, 0.5) is 0 Å². The van der Waals surface area contributed by atoms with E-state index < -0.39 is 0 Å². The van der Waals surface area contributed by atoms with E-state index in [1.807, 2.05) is 48.5 Å². The first kappa shape index (κ1) is 14.5. The summed E-state index contributed by atoms with van der Waals surface area (Å²) in [5, 5.41) is 0.619. The van der Waals surface area contributed by atoms with Gasteiger partial charge in [-0.2, -0.15) is 0 Å². The van der Waals surface area contributed by atoms with Crippen molar-refractivity contribution in [1.29, 1.82) is 0 Å². The Hall–Kier alpha value is -2.46. The molecular formula is C18H19N3O. The standard InChI is InChI=1S/C18H19N3O/c1-2-7-16-20-15-11-6-8-13(12-19)17(15)18(22)21(16)14-9-4-3-5-10-14/h3-6,8-11H,2,7,12,19H2,1H3. The molecule has 0 fully saturated rings. The maximum Gasteiger partial charge on any atom is 0.266 e. The molecule has 3 rings (SSSR count). The highest BCUT2D eigenvalue weighted by atomic mass is 16.1. The molecule has 2 N–H and O–H groups in total. The zero-order valence-corrected chi connectivity index (χ0v) is 12.6. The lowest BCUT2D eigenvalue weighted by Gasteiger charge is -2.14. The van der Waals surface area contributed by atoms with Gasteiger partial charge in [0.05, 0.1) is 16.6 Å². The number of hydrogen-bond donors (Lipinski definition) is 1. The van der Waals surface area contributed by atoms with E-state index in [1.165, 1.54) is 0 Å². The second kappa shape index (κ2) is 6.12. The van der Waals surface area contributed by atoms with E-state index in [-0.39, 0.29) is 5.56 Å². The first-order valence-electron chi connectivity index (χ1n) is 7.55. The van der Waals surface area contributed by atoms with E-state index in [4.69, 9.17) is 10.7 Å². The number of aryl methyl sites for hydroxylation is 1. The Morgan fingerprint density at radius 1 is 1.09 bits per heavy atom. The minimum Gasteiger partial charge on any atom is -0.326 e. The first-order chi connectivity index (χ1) is 10.8. The Kier molecular flexibility index (Phi) is 4.02. The molecule has 0 saturated carbocycles. The fourth-order valence-corrected chi connectivity index (χ4v) is 2.75. The number of aromatic nitrogens is 2. The molecule has 0 radical (unpaired) electrons. The highest BCUT2D eigenvalue weighted by Crippen LogP contribution is 2.17. The molecule has 0 aliphatic carbocycles. The van der Waals surface area contributed by atoms with Crippen molar-refractivity contribution >= 4 is 10.9 Å². The van der Waals surface area contributed by atoms with Gasteiger partial charge in [0.2, 0.25) is 0 Å². The smallest absolute Gasteiger partial charge is 0.266 e. The SMILES string of the molecule is CCCc1nc2cccc(CN)c2c(=O)n1-c1ccccc1. The van der Waals surface area contributed by atoms with Crippen LogP contribution < -0.4 is 11.3 Å². The molecule has 0 aliphatic rings. The van der Waals surface area contributed by atoms with Gasteiger partial charge in [0, 0.05) is 13.0 Å². The molecule has 0 unspecified atom stereocenters. The van der Waals surface area contributed by atoms with Crippen molar-refractivity contribution in [3.05, 3.63) is 70.3 Å². The van der Waals surface area contributed by atoms with Gasteiger partial charge < -0.3 is 5.73 Å². The summed E-state index contributed by atoms with van der Waals surface area (Å²) in [6.45, 7) is 2.41. The number of hydrogen-bond acceptors (Lipinski definition) is 3. The van der Waals surface area contributed by atoms with Crippen molar-refractivity contribution in [3.8, 4) is 5.69 Å². The minimum atomic E-state index is -0.0410. The summed E-state index contributed by atoms with van der Waals surface area (Å²) in [6.07, 6.45) is 1.69. The Labute approximate surface area is 129 Å². The van der Waals surface area contributed by atoms with Crippen molar-refractivity contribution in [3.63, 3.8) is 0 Å². The molecule has 4 heteroatoms. The lowest BCUT2D eigenvalue weighted by Crippen LogP contribution is -2.25. The Morgan fingerprint density at radius 3 is 2.55 bits per heavy atom. The third-order valence-electron chi connectivity index (χ3n) is 3.76. The van der Waals surface area contributed by atoms with Crippen LogP contribution in [0.3, 0.4) is 0 Å². The van der Waals surface area contributed by atoms with Crippen LogP contribution in [0, 0.1) is 0 Å². The average Bonchev–Trinajstić information content (AvgIpc) is 2.55. The monoisotopic (exact) mass is 293 g/mol. The molecule has 0 amide bonds. The molecule has 22 heavy (non-hydrogen) atoms. The van der Waals surface area contributed by atoms with Crippen molar-refractivity contribution in [1.82, 2.24) is 9.55 Å². The maximum absolute atomic E-state index is 13.1. The molecule has 0 aliphatic heterocycles. The summed E-state index contributed by atoms with van der Waals surface area (Å²) < 4.78 is 1.71. The number of benzene rings is 2. The van der Waals surface area contributed by atoms with Crippen LogP contribution in [0.25, 0.3) is 16.6 Å². The van der Waals surface area contributed by atoms with Crippen LogP contribution in [0.5, 0.6) is 0 Å². The van der Waals surface area contributed by atoms with E-state index in [2.05, 4.69) is 6.92 Å². The van der Waals surface area contributed by atoms with Gasteiger partial charge >= 0.3 is 0 Å². The maximum atomic E-state index is 13.1. The number of rotatable bonds is 4. The van der Waals surface area contributed by atoms with E-state index in [0.29, 0.717) is 11.9 Å². The second-order valence-corrected chi connectivity index (χ2v) is 5.27. The van der Waals surface area contributed by atoms with Gasteiger partial charge in [-0.15, -0.1) is 0 Å².